The molecule has 0 aromatic heterocycles. The average molecular weight is 444 g/mol. The molecule has 0 aliphatic carbocycles. The summed E-state index contributed by atoms with van der Waals surface area (Å²) in [5.74, 6) is -0.569. The summed E-state index contributed by atoms with van der Waals surface area (Å²) in [4.78, 5) is 27.9. The Hall–Kier alpha value is -3.53. The minimum atomic E-state index is -4.30. The Labute approximate surface area is 179 Å². The standard InChI is InChI=1S/C21H20N2O7S/c1-29-16-8-10-17(11-9-16)31(27,28)19(20(24)30-2)21(12-5-13-22-21)14-15-6-3-4-7-18(15)23(25)26/h3-13,19H,14H2,1-2H3. The molecule has 0 radical (unpaired) electrons. The lowest BCUT2D eigenvalue weighted by Gasteiger charge is -2.31. The lowest BCUT2D eigenvalue weighted by atomic mass is 9.87. The van der Waals surface area contributed by atoms with Crippen molar-refractivity contribution in [1.82, 2.24) is 0 Å². The third-order valence-corrected chi connectivity index (χ3v) is 7.17. The van der Waals surface area contributed by atoms with Crippen LogP contribution in [0.3, 0.4) is 0 Å². The predicted octanol–water partition coefficient (Wildman–Crippen LogP) is 2.54. The van der Waals surface area contributed by atoms with Crippen LogP contribution < -0.4 is 4.74 Å². The highest BCUT2D eigenvalue weighted by molar-refractivity contribution is 7.93. The molecule has 2 aromatic carbocycles. The maximum atomic E-state index is 13.6. The normalized spacial score (nSPS) is 18.5. The van der Waals surface area contributed by atoms with E-state index in [1.165, 1.54) is 67.9 Å². The van der Waals surface area contributed by atoms with Gasteiger partial charge in [-0.05, 0) is 30.3 Å². The van der Waals surface area contributed by atoms with Crippen molar-refractivity contribution in [3.05, 3.63) is 76.4 Å². The Kier molecular flexibility index (Phi) is 6.21. The number of nitro groups is 1. The van der Waals surface area contributed by atoms with Crippen molar-refractivity contribution in [2.24, 2.45) is 4.99 Å². The number of nitrogens with zero attached hydrogens (tertiary/aromatic N) is 2. The van der Waals surface area contributed by atoms with Crippen LogP contribution in [0.4, 0.5) is 5.69 Å². The van der Waals surface area contributed by atoms with E-state index in [-0.39, 0.29) is 22.6 Å². The van der Waals surface area contributed by atoms with E-state index in [1.54, 1.807) is 6.07 Å². The molecular weight excluding hydrogens is 424 g/mol. The van der Waals surface area contributed by atoms with Gasteiger partial charge >= 0.3 is 5.97 Å². The maximum Gasteiger partial charge on any atom is 0.327 e. The summed E-state index contributed by atoms with van der Waals surface area (Å²) in [6.07, 6.45) is 4.15. The number of carbonyl (C=O) groups is 1. The summed E-state index contributed by atoms with van der Waals surface area (Å²) >= 11 is 0. The number of carbonyl (C=O) groups excluding carboxylic acids is 1. The Bertz CT molecular complexity index is 1140. The van der Waals surface area contributed by atoms with E-state index in [1.807, 2.05) is 0 Å². The Morgan fingerprint density at radius 2 is 1.84 bits per heavy atom. The van der Waals surface area contributed by atoms with Gasteiger partial charge < -0.3 is 9.47 Å². The number of benzene rings is 2. The highest BCUT2D eigenvalue weighted by atomic mass is 32.2. The molecule has 0 saturated carbocycles. The average Bonchev–Trinajstić information content (AvgIpc) is 3.22. The number of rotatable bonds is 8. The van der Waals surface area contributed by atoms with Crippen LogP contribution >= 0.6 is 0 Å². The van der Waals surface area contributed by atoms with Crippen LogP contribution in [0, 0.1) is 10.1 Å². The highest BCUT2D eigenvalue weighted by Gasteiger charge is 2.52. The SMILES string of the molecule is COC(=O)C(C1(Cc2ccccc2[N+](=O)[O-])C=CC=N1)S(=O)(=O)c1ccc(OC)cc1. The second-order valence-corrected chi connectivity index (χ2v) is 8.85. The number of aliphatic imine (C=N–C) groups is 1. The van der Waals surface area contributed by atoms with Crippen molar-refractivity contribution in [3.8, 4) is 5.75 Å². The Balaban J connectivity index is 2.15. The lowest BCUT2D eigenvalue weighted by molar-refractivity contribution is -0.385. The molecule has 2 atom stereocenters. The number of nitro benzene ring substituents is 1. The molecule has 1 heterocycles. The highest BCUT2D eigenvalue weighted by Crippen LogP contribution is 2.37. The molecule has 162 valence electrons. The van der Waals surface area contributed by atoms with Gasteiger partial charge in [-0.15, -0.1) is 0 Å². The largest absolute Gasteiger partial charge is 0.497 e. The molecule has 0 saturated heterocycles. The smallest absolute Gasteiger partial charge is 0.327 e. The van der Waals surface area contributed by atoms with Crippen molar-refractivity contribution in [2.45, 2.75) is 22.1 Å². The van der Waals surface area contributed by atoms with Gasteiger partial charge in [-0.3, -0.25) is 19.9 Å². The van der Waals surface area contributed by atoms with Crippen LogP contribution in [0.5, 0.6) is 5.75 Å². The van der Waals surface area contributed by atoms with Crippen molar-refractivity contribution < 1.29 is 27.6 Å². The van der Waals surface area contributed by atoms with Gasteiger partial charge in [0, 0.05) is 24.3 Å². The molecule has 0 amide bonds. The molecule has 0 fully saturated rings. The van der Waals surface area contributed by atoms with E-state index in [0.717, 1.165) is 7.11 Å². The zero-order valence-corrected chi connectivity index (χ0v) is 17.6. The summed E-state index contributed by atoms with van der Waals surface area (Å²) in [6, 6.07) is 11.5. The van der Waals surface area contributed by atoms with Crippen molar-refractivity contribution >= 4 is 27.7 Å². The maximum absolute atomic E-state index is 13.6. The van der Waals surface area contributed by atoms with Gasteiger partial charge in [0.05, 0.1) is 24.0 Å². The van der Waals surface area contributed by atoms with Crippen LogP contribution in [-0.2, 0) is 25.8 Å². The molecule has 0 bridgehead atoms. The topological polar surface area (TPSA) is 125 Å². The molecule has 0 N–H and O–H groups in total. The molecule has 0 spiro atoms. The molecule has 2 aromatic rings. The Morgan fingerprint density at radius 3 is 2.39 bits per heavy atom. The van der Waals surface area contributed by atoms with Gasteiger partial charge in [0.2, 0.25) is 0 Å². The van der Waals surface area contributed by atoms with Gasteiger partial charge in [-0.1, -0.05) is 24.3 Å². The van der Waals surface area contributed by atoms with E-state index < -0.39 is 31.5 Å². The molecule has 1 aliphatic rings. The first-order valence-electron chi connectivity index (χ1n) is 9.16. The first-order valence-corrected chi connectivity index (χ1v) is 10.7. The lowest BCUT2D eigenvalue weighted by Crippen LogP contribution is -2.50. The summed E-state index contributed by atoms with van der Waals surface area (Å²) < 4.78 is 37.0. The molecule has 2 unspecified atom stereocenters. The third kappa shape index (κ3) is 4.19. The molecule has 31 heavy (non-hydrogen) atoms. The summed E-state index contributed by atoms with van der Waals surface area (Å²) in [5.41, 5.74) is -1.56. The second kappa shape index (κ2) is 8.68. The summed E-state index contributed by atoms with van der Waals surface area (Å²) in [6.45, 7) is 0. The minimum absolute atomic E-state index is 0.124. The fourth-order valence-electron chi connectivity index (χ4n) is 3.54. The fraction of sp³-hybridized carbons (Fsp3) is 0.238. The van der Waals surface area contributed by atoms with E-state index >= 15 is 0 Å². The number of allylic oxidation sites excluding steroid dienone is 1. The van der Waals surface area contributed by atoms with Crippen molar-refractivity contribution in [2.75, 3.05) is 14.2 Å². The molecular formula is C21H20N2O7S. The van der Waals surface area contributed by atoms with E-state index in [2.05, 4.69) is 4.99 Å². The number of para-hydroxylation sites is 1. The zero-order chi connectivity index (χ0) is 22.6. The second-order valence-electron chi connectivity index (χ2n) is 6.81. The van der Waals surface area contributed by atoms with E-state index in [0.29, 0.717) is 5.75 Å². The zero-order valence-electron chi connectivity index (χ0n) is 16.8. The first kappa shape index (κ1) is 22.2. The van der Waals surface area contributed by atoms with E-state index in [9.17, 15) is 23.3 Å². The monoisotopic (exact) mass is 444 g/mol. The van der Waals surface area contributed by atoms with E-state index in [4.69, 9.17) is 9.47 Å². The van der Waals surface area contributed by atoms with Crippen LogP contribution in [0.25, 0.3) is 0 Å². The molecule has 1 aliphatic heterocycles. The van der Waals surface area contributed by atoms with Gasteiger partial charge in [0.1, 0.15) is 11.3 Å². The van der Waals surface area contributed by atoms with Crippen LogP contribution in [0.2, 0.25) is 0 Å². The number of hydrogen-bond acceptors (Lipinski definition) is 8. The van der Waals surface area contributed by atoms with Gasteiger partial charge in [0.25, 0.3) is 5.69 Å². The number of hydrogen-bond donors (Lipinski definition) is 0. The van der Waals surface area contributed by atoms with Gasteiger partial charge in [-0.2, -0.15) is 0 Å². The molecule has 3 rings (SSSR count). The minimum Gasteiger partial charge on any atom is -0.497 e. The van der Waals surface area contributed by atoms with Crippen LogP contribution in [-0.4, -0.2) is 50.5 Å². The fourth-order valence-corrected chi connectivity index (χ4v) is 5.44. The predicted molar refractivity (Wildman–Crippen MR) is 113 cm³/mol. The molecule has 10 heteroatoms. The van der Waals surface area contributed by atoms with Crippen LogP contribution in [0.15, 0.2) is 70.6 Å². The van der Waals surface area contributed by atoms with Gasteiger partial charge in [-0.25, -0.2) is 8.42 Å². The molecule has 9 nitrogen and oxygen atoms in total. The number of esters is 1. The summed E-state index contributed by atoms with van der Waals surface area (Å²) in [7, 11) is -1.77. The Morgan fingerprint density at radius 1 is 1.16 bits per heavy atom. The number of methoxy groups -OCH3 is 2. The number of sulfone groups is 1. The third-order valence-electron chi connectivity index (χ3n) is 5.02. The van der Waals surface area contributed by atoms with Crippen molar-refractivity contribution in [1.29, 1.82) is 0 Å². The summed E-state index contributed by atoms with van der Waals surface area (Å²) in [5, 5.41) is 9.71. The number of ether oxygens (including phenoxy) is 2. The first-order chi connectivity index (χ1) is 14.7. The quantitative estimate of drug-likeness (QED) is 0.348. The van der Waals surface area contributed by atoms with Crippen LogP contribution in [0.1, 0.15) is 5.56 Å². The van der Waals surface area contributed by atoms with Crippen molar-refractivity contribution in [3.63, 3.8) is 0 Å². The van der Waals surface area contributed by atoms with Gasteiger partial charge in [0.15, 0.2) is 15.1 Å².